The molecule has 37 heavy (non-hydrogen) atoms. The van der Waals surface area contributed by atoms with Gasteiger partial charge in [-0.1, -0.05) is 25.1 Å². The van der Waals surface area contributed by atoms with Crippen molar-refractivity contribution in [2.24, 2.45) is 5.41 Å². The van der Waals surface area contributed by atoms with Gasteiger partial charge in [0.15, 0.2) is 0 Å². The quantitative estimate of drug-likeness (QED) is 0.251. The van der Waals surface area contributed by atoms with E-state index in [-0.39, 0.29) is 19.8 Å². The van der Waals surface area contributed by atoms with Crippen molar-refractivity contribution >= 4 is 17.9 Å². The molecule has 0 aromatic heterocycles. The van der Waals surface area contributed by atoms with Gasteiger partial charge in [0.2, 0.25) is 0 Å². The van der Waals surface area contributed by atoms with Crippen molar-refractivity contribution in [1.82, 2.24) is 0 Å². The van der Waals surface area contributed by atoms with Crippen LogP contribution < -0.4 is 9.47 Å². The van der Waals surface area contributed by atoms with Crippen LogP contribution in [0, 0.1) is 5.41 Å². The fourth-order valence-electron chi connectivity index (χ4n) is 3.37. The predicted molar refractivity (Wildman–Crippen MR) is 136 cm³/mol. The Balaban J connectivity index is 1.72. The zero-order valence-corrected chi connectivity index (χ0v) is 21.1. The highest BCUT2D eigenvalue weighted by Gasteiger charge is 2.35. The van der Waals surface area contributed by atoms with Crippen molar-refractivity contribution in [3.8, 4) is 11.5 Å². The Morgan fingerprint density at radius 2 is 0.919 bits per heavy atom. The summed E-state index contributed by atoms with van der Waals surface area (Å²) in [5.74, 6) is -0.426. The van der Waals surface area contributed by atoms with E-state index in [1.807, 2.05) is 6.92 Å². The van der Waals surface area contributed by atoms with Gasteiger partial charge in [0, 0.05) is 0 Å². The van der Waals surface area contributed by atoms with E-state index in [0.29, 0.717) is 34.6 Å². The van der Waals surface area contributed by atoms with Gasteiger partial charge in [0.05, 0.1) is 36.3 Å². The Bertz CT molecular complexity index is 1110. The van der Waals surface area contributed by atoms with E-state index in [2.05, 4.69) is 0 Å². The van der Waals surface area contributed by atoms with Gasteiger partial charge >= 0.3 is 17.9 Å². The number of ether oxygens (including phenoxy) is 5. The summed E-state index contributed by atoms with van der Waals surface area (Å²) in [6.45, 7) is 1.46. The lowest BCUT2D eigenvalue weighted by atomic mass is 9.88. The zero-order chi connectivity index (χ0) is 26.7. The van der Waals surface area contributed by atoms with Crippen LogP contribution in [-0.2, 0) is 14.2 Å². The molecule has 0 bridgehead atoms. The highest BCUT2D eigenvalue weighted by atomic mass is 16.6. The maximum atomic E-state index is 12.7. The number of benzene rings is 3. The molecule has 3 rings (SSSR count). The highest BCUT2D eigenvalue weighted by molar-refractivity contribution is 5.90. The Labute approximate surface area is 216 Å². The smallest absolute Gasteiger partial charge is 0.338 e. The fraction of sp³-hybridized carbons (Fsp3) is 0.276. The topological polar surface area (TPSA) is 97.4 Å². The van der Waals surface area contributed by atoms with E-state index in [0.717, 1.165) is 0 Å². The van der Waals surface area contributed by atoms with Crippen LogP contribution in [0.1, 0.15) is 44.4 Å². The third kappa shape index (κ3) is 7.57. The molecule has 0 unspecified atom stereocenters. The maximum Gasteiger partial charge on any atom is 0.338 e. The summed E-state index contributed by atoms with van der Waals surface area (Å²) in [5, 5.41) is 0. The van der Waals surface area contributed by atoms with Gasteiger partial charge in [-0.15, -0.1) is 0 Å². The predicted octanol–water partition coefficient (Wildman–Crippen LogP) is 4.97. The number of carbonyl (C=O) groups is 3. The molecule has 3 aromatic carbocycles. The van der Waals surface area contributed by atoms with Gasteiger partial charge in [-0.05, 0) is 67.1 Å². The van der Waals surface area contributed by atoms with Crippen LogP contribution in [0.25, 0.3) is 0 Å². The number of rotatable bonds is 12. The normalized spacial score (nSPS) is 10.8. The first kappa shape index (κ1) is 27.3. The third-order valence-corrected chi connectivity index (χ3v) is 5.94. The minimum Gasteiger partial charge on any atom is -0.497 e. The first-order valence-corrected chi connectivity index (χ1v) is 11.7. The summed E-state index contributed by atoms with van der Waals surface area (Å²) in [6.07, 6.45) is 0.404. The van der Waals surface area contributed by atoms with E-state index in [4.69, 9.17) is 23.7 Å². The number of hydrogen-bond donors (Lipinski definition) is 0. The van der Waals surface area contributed by atoms with Crippen LogP contribution in [0.15, 0.2) is 78.9 Å². The largest absolute Gasteiger partial charge is 0.497 e. The molecule has 0 spiro atoms. The first-order chi connectivity index (χ1) is 17.9. The van der Waals surface area contributed by atoms with Gasteiger partial charge in [-0.3, -0.25) is 0 Å². The minimum absolute atomic E-state index is 0.122. The molecule has 8 nitrogen and oxygen atoms in total. The van der Waals surface area contributed by atoms with Gasteiger partial charge in [-0.2, -0.15) is 0 Å². The average Bonchev–Trinajstić information content (AvgIpc) is 2.97. The first-order valence-electron chi connectivity index (χ1n) is 11.7. The molecule has 0 fully saturated rings. The second-order valence-corrected chi connectivity index (χ2v) is 8.40. The lowest BCUT2D eigenvalue weighted by Crippen LogP contribution is -2.39. The average molecular weight is 507 g/mol. The van der Waals surface area contributed by atoms with Gasteiger partial charge in [-0.25, -0.2) is 14.4 Å². The number of hydrogen-bond acceptors (Lipinski definition) is 8. The van der Waals surface area contributed by atoms with E-state index < -0.39 is 23.3 Å². The Morgan fingerprint density at radius 1 is 0.568 bits per heavy atom. The highest BCUT2D eigenvalue weighted by Crippen LogP contribution is 2.26. The summed E-state index contributed by atoms with van der Waals surface area (Å²) in [4.78, 5) is 38.0. The monoisotopic (exact) mass is 506 g/mol. The molecule has 0 aliphatic heterocycles. The maximum absolute atomic E-state index is 12.7. The molecule has 3 aromatic rings. The van der Waals surface area contributed by atoms with Crippen molar-refractivity contribution in [2.75, 3.05) is 34.0 Å². The van der Waals surface area contributed by atoms with Crippen molar-refractivity contribution < 1.29 is 38.1 Å². The summed E-state index contributed by atoms with van der Waals surface area (Å²) in [6, 6.07) is 21.5. The number of esters is 3. The van der Waals surface area contributed by atoms with Gasteiger partial charge in [0.25, 0.3) is 0 Å². The second kappa shape index (κ2) is 13.1. The van der Waals surface area contributed by atoms with Crippen LogP contribution >= 0.6 is 0 Å². The van der Waals surface area contributed by atoms with Crippen molar-refractivity contribution in [2.45, 2.75) is 13.3 Å². The molecule has 8 heteroatoms. The SMILES string of the molecule is CCC(COC(=O)c1ccccc1)(COC(=O)c1ccc(OC)cc1)COC(=O)c1ccc(OC)cc1. The molecular formula is C29H30O8. The lowest BCUT2D eigenvalue weighted by Gasteiger charge is -2.31. The summed E-state index contributed by atoms with van der Waals surface area (Å²) >= 11 is 0. The van der Waals surface area contributed by atoms with E-state index in [9.17, 15) is 14.4 Å². The Morgan fingerprint density at radius 3 is 1.24 bits per heavy atom. The summed E-state index contributed by atoms with van der Waals surface area (Å²) in [7, 11) is 3.07. The molecule has 0 atom stereocenters. The number of carbonyl (C=O) groups excluding carboxylic acids is 3. The molecular weight excluding hydrogens is 476 g/mol. The molecule has 0 N–H and O–H groups in total. The van der Waals surface area contributed by atoms with Crippen molar-refractivity contribution in [1.29, 1.82) is 0 Å². The molecule has 0 radical (unpaired) electrons. The van der Waals surface area contributed by atoms with Gasteiger partial charge in [0.1, 0.15) is 31.3 Å². The standard InChI is InChI=1S/C29H30O8/c1-4-29(18-35-26(30)21-8-6-5-7-9-21,19-36-27(31)22-10-14-24(33-2)15-11-22)20-37-28(32)23-12-16-25(34-3)17-13-23/h5-17H,4,18-20H2,1-3H3. The van der Waals surface area contributed by atoms with Crippen molar-refractivity contribution in [3.63, 3.8) is 0 Å². The number of methoxy groups -OCH3 is 2. The molecule has 0 aliphatic carbocycles. The van der Waals surface area contributed by atoms with E-state index in [1.54, 1.807) is 78.9 Å². The van der Waals surface area contributed by atoms with Crippen molar-refractivity contribution in [3.05, 3.63) is 95.6 Å². The molecule has 0 aliphatic rings. The van der Waals surface area contributed by atoms with Gasteiger partial charge < -0.3 is 23.7 Å². The fourth-order valence-corrected chi connectivity index (χ4v) is 3.37. The second-order valence-electron chi connectivity index (χ2n) is 8.40. The summed E-state index contributed by atoms with van der Waals surface area (Å²) < 4.78 is 27.0. The van der Waals surface area contributed by atoms with E-state index in [1.165, 1.54) is 14.2 Å². The van der Waals surface area contributed by atoms with Crippen LogP contribution in [0.4, 0.5) is 0 Å². The van der Waals surface area contributed by atoms with Crippen LogP contribution in [0.3, 0.4) is 0 Å². The molecule has 0 saturated carbocycles. The molecule has 0 amide bonds. The zero-order valence-electron chi connectivity index (χ0n) is 21.1. The van der Waals surface area contributed by atoms with Crippen LogP contribution in [0.2, 0.25) is 0 Å². The molecule has 194 valence electrons. The minimum atomic E-state index is -0.964. The van der Waals surface area contributed by atoms with Crippen LogP contribution in [0.5, 0.6) is 11.5 Å². The van der Waals surface area contributed by atoms with Crippen LogP contribution in [-0.4, -0.2) is 51.9 Å². The molecule has 0 heterocycles. The lowest BCUT2D eigenvalue weighted by molar-refractivity contribution is -0.0381. The molecule has 0 saturated heterocycles. The van der Waals surface area contributed by atoms with E-state index >= 15 is 0 Å². The Kier molecular flexibility index (Phi) is 9.66. The summed E-state index contributed by atoms with van der Waals surface area (Å²) in [5.41, 5.74) is 0.0944. The third-order valence-electron chi connectivity index (χ3n) is 5.94. The Hall–Kier alpha value is -4.33.